The average molecular weight is 651 g/mol. The molecule has 2 saturated heterocycles. The van der Waals surface area contributed by atoms with Gasteiger partial charge in [0, 0.05) is 74.1 Å². The van der Waals surface area contributed by atoms with E-state index in [-0.39, 0.29) is 35.8 Å². The molecule has 0 bridgehead atoms. The monoisotopic (exact) mass is 650 g/mol. The number of aliphatic hydroxyl groups is 1. The molecule has 242 valence electrons. The Morgan fingerprint density at radius 3 is 2.57 bits per heavy atom. The van der Waals surface area contributed by atoms with E-state index in [1.54, 1.807) is 23.0 Å². The molecule has 6 heterocycles. The second kappa shape index (κ2) is 12.5. The van der Waals surface area contributed by atoms with Crippen molar-refractivity contribution in [3.8, 4) is 10.4 Å². The normalized spacial score (nSPS) is 19.6. The van der Waals surface area contributed by atoms with Gasteiger partial charge in [0.05, 0.1) is 22.4 Å². The average Bonchev–Trinajstić information content (AvgIpc) is 3.68. The molecule has 7 rings (SSSR count). The van der Waals surface area contributed by atoms with E-state index in [9.17, 15) is 19.5 Å². The van der Waals surface area contributed by atoms with Crippen LogP contribution < -0.4 is 5.56 Å². The second-order valence-electron chi connectivity index (χ2n) is 12.9. The number of thiophene rings is 1. The number of hydrogen-bond acceptors (Lipinski definition) is 7. The molecule has 2 aliphatic heterocycles. The number of amides is 2. The van der Waals surface area contributed by atoms with E-state index in [1.807, 2.05) is 78.5 Å². The van der Waals surface area contributed by atoms with Crippen LogP contribution in [0, 0.1) is 12.8 Å². The van der Waals surface area contributed by atoms with Crippen LogP contribution >= 0.6 is 11.3 Å². The first-order valence-electron chi connectivity index (χ1n) is 16.1. The number of rotatable bonds is 6. The summed E-state index contributed by atoms with van der Waals surface area (Å²) >= 11 is 1.49. The van der Waals surface area contributed by atoms with E-state index < -0.39 is 5.60 Å². The maximum absolute atomic E-state index is 14.1. The highest BCUT2D eigenvalue weighted by molar-refractivity contribution is 7.17. The highest BCUT2D eigenvalue weighted by Gasteiger charge is 2.42. The number of piperidine rings is 2. The van der Waals surface area contributed by atoms with Crippen molar-refractivity contribution in [3.05, 3.63) is 106 Å². The Bertz CT molecular complexity index is 1980. The zero-order chi connectivity index (χ0) is 32.7. The third-order valence-corrected chi connectivity index (χ3v) is 11.1. The standard InChI is InChI=1S/C36H38N6O4S/c1-24-19-30(26-9-6-14-37-20-26)47-31(24)35(45)41-16-11-27(29(21-41)25-7-4-3-5-8-25)33(43)40-17-12-36(46,13-18-40)22-42-23-38-32-28(34(42)44)10-15-39(32)2/h3-10,14-15,19-20,23,27,29,46H,11-13,16-18,21-22H2,1-2H3/t27-,29+/m1/s1. The van der Waals surface area contributed by atoms with Crippen LogP contribution in [0.5, 0.6) is 0 Å². The molecule has 1 N–H and O–H groups in total. The predicted molar refractivity (Wildman–Crippen MR) is 181 cm³/mol. The molecule has 10 nitrogen and oxygen atoms in total. The van der Waals surface area contributed by atoms with Crippen molar-refractivity contribution < 1.29 is 14.7 Å². The summed E-state index contributed by atoms with van der Waals surface area (Å²) in [4.78, 5) is 55.2. The summed E-state index contributed by atoms with van der Waals surface area (Å²) in [7, 11) is 1.84. The topological polar surface area (TPSA) is 114 Å². The number of pyridine rings is 1. The molecule has 0 saturated carbocycles. The Morgan fingerprint density at radius 2 is 1.83 bits per heavy atom. The quantitative estimate of drug-likeness (QED) is 0.290. The van der Waals surface area contributed by atoms with Gasteiger partial charge in [0.1, 0.15) is 12.0 Å². The Hall–Kier alpha value is -4.61. The van der Waals surface area contributed by atoms with Crippen LogP contribution in [-0.4, -0.2) is 77.6 Å². The fraction of sp³-hybridized carbons (Fsp3) is 0.361. The molecular weight excluding hydrogens is 613 g/mol. The number of likely N-dealkylation sites (tertiary alicyclic amines) is 2. The first-order chi connectivity index (χ1) is 22.7. The molecule has 2 aliphatic rings. The molecule has 2 amide bonds. The lowest BCUT2D eigenvalue weighted by atomic mass is 9.79. The molecule has 11 heteroatoms. The number of fused-ring (bicyclic) bond motifs is 1. The van der Waals surface area contributed by atoms with E-state index in [0.717, 1.165) is 26.4 Å². The molecule has 0 radical (unpaired) electrons. The number of nitrogens with zero attached hydrogens (tertiary/aromatic N) is 6. The second-order valence-corrected chi connectivity index (χ2v) is 14.0. The van der Waals surface area contributed by atoms with Gasteiger partial charge in [-0.3, -0.25) is 23.9 Å². The summed E-state index contributed by atoms with van der Waals surface area (Å²) < 4.78 is 3.28. The van der Waals surface area contributed by atoms with Gasteiger partial charge in [0.25, 0.3) is 11.5 Å². The third kappa shape index (κ3) is 6.01. The van der Waals surface area contributed by atoms with Crippen molar-refractivity contribution in [1.29, 1.82) is 0 Å². The number of carbonyl (C=O) groups is 2. The molecule has 47 heavy (non-hydrogen) atoms. The summed E-state index contributed by atoms with van der Waals surface area (Å²) in [6.07, 6.45) is 8.13. The fourth-order valence-corrected chi connectivity index (χ4v) is 8.24. The lowest BCUT2D eigenvalue weighted by molar-refractivity contribution is -0.142. The van der Waals surface area contributed by atoms with Crippen molar-refractivity contribution >= 4 is 34.2 Å². The summed E-state index contributed by atoms with van der Waals surface area (Å²) in [5.74, 6) is -0.377. The van der Waals surface area contributed by atoms with Crippen LogP contribution in [0.1, 0.15) is 46.0 Å². The zero-order valence-electron chi connectivity index (χ0n) is 26.6. The first kappa shape index (κ1) is 31.0. The van der Waals surface area contributed by atoms with Crippen LogP contribution in [0.25, 0.3) is 21.5 Å². The van der Waals surface area contributed by atoms with Gasteiger partial charge in [0.2, 0.25) is 5.91 Å². The molecule has 2 atom stereocenters. The van der Waals surface area contributed by atoms with Gasteiger partial charge in [0.15, 0.2) is 0 Å². The van der Waals surface area contributed by atoms with Crippen molar-refractivity contribution in [1.82, 2.24) is 28.9 Å². The Kier molecular flexibility index (Phi) is 8.27. The number of aromatic nitrogens is 4. The van der Waals surface area contributed by atoms with E-state index in [1.165, 1.54) is 22.2 Å². The maximum Gasteiger partial charge on any atom is 0.264 e. The van der Waals surface area contributed by atoms with E-state index in [0.29, 0.717) is 56.5 Å². The van der Waals surface area contributed by atoms with Crippen molar-refractivity contribution in [2.45, 2.75) is 44.2 Å². The van der Waals surface area contributed by atoms with Crippen molar-refractivity contribution in [2.75, 3.05) is 26.2 Å². The van der Waals surface area contributed by atoms with Crippen molar-refractivity contribution in [2.24, 2.45) is 13.0 Å². The molecule has 5 aromatic rings. The van der Waals surface area contributed by atoms with Crippen LogP contribution in [0.15, 0.2) is 84.3 Å². The molecule has 0 unspecified atom stereocenters. The molecule has 2 fully saturated rings. The Labute approximate surface area is 276 Å². The predicted octanol–water partition coefficient (Wildman–Crippen LogP) is 4.47. The minimum absolute atomic E-state index is 0.00377. The molecular formula is C36H38N6O4S. The van der Waals surface area contributed by atoms with Crippen LogP contribution in [0.2, 0.25) is 0 Å². The lowest BCUT2D eigenvalue weighted by Gasteiger charge is -2.43. The molecule has 0 spiro atoms. The first-order valence-corrected chi connectivity index (χ1v) is 16.9. The molecule has 1 aromatic carbocycles. The lowest BCUT2D eigenvalue weighted by Crippen LogP contribution is -2.53. The van der Waals surface area contributed by atoms with Gasteiger partial charge >= 0.3 is 0 Å². The summed E-state index contributed by atoms with van der Waals surface area (Å²) in [6.45, 7) is 3.85. The van der Waals surface area contributed by atoms with Crippen LogP contribution in [0.3, 0.4) is 0 Å². The highest BCUT2D eigenvalue weighted by atomic mass is 32.1. The highest BCUT2D eigenvalue weighted by Crippen LogP contribution is 2.38. The Morgan fingerprint density at radius 1 is 1.04 bits per heavy atom. The van der Waals surface area contributed by atoms with Gasteiger partial charge in [-0.2, -0.15) is 0 Å². The van der Waals surface area contributed by atoms with Crippen LogP contribution in [-0.2, 0) is 18.4 Å². The van der Waals surface area contributed by atoms with Gasteiger partial charge in [-0.15, -0.1) is 11.3 Å². The van der Waals surface area contributed by atoms with E-state index in [4.69, 9.17) is 0 Å². The third-order valence-electron chi connectivity index (χ3n) is 9.82. The number of aryl methyl sites for hydroxylation is 2. The summed E-state index contributed by atoms with van der Waals surface area (Å²) in [5.41, 5.74) is 2.28. The van der Waals surface area contributed by atoms with Gasteiger partial charge < -0.3 is 19.5 Å². The van der Waals surface area contributed by atoms with E-state index >= 15 is 0 Å². The smallest absolute Gasteiger partial charge is 0.264 e. The molecule has 0 aliphatic carbocycles. The number of hydrogen-bond donors (Lipinski definition) is 1. The number of benzene rings is 1. The van der Waals surface area contributed by atoms with Gasteiger partial charge in [-0.25, -0.2) is 4.98 Å². The number of carbonyl (C=O) groups excluding carboxylic acids is 2. The largest absolute Gasteiger partial charge is 0.388 e. The summed E-state index contributed by atoms with van der Waals surface area (Å²) in [6, 6.07) is 17.7. The van der Waals surface area contributed by atoms with E-state index in [2.05, 4.69) is 9.97 Å². The van der Waals surface area contributed by atoms with Crippen molar-refractivity contribution in [3.63, 3.8) is 0 Å². The minimum Gasteiger partial charge on any atom is -0.388 e. The van der Waals surface area contributed by atoms with Gasteiger partial charge in [-0.1, -0.05) is 36.4 Å². The van der Waals surface area contributed by atoms with Gasteiger partial charge in [-0.05, 0) is 55.5 Å². The summed E-state index contributed by atoms with van der Waals surface area (Å²) in [5, 5.41) is 12.0. The van der Waals surface area contributed by atoms with Crippen LogP contribution in [0.4, 0.5) is 0 Å². The maximum atomic E-state index is 14.1. The fourth-order valence-electron chi connectivity index (χ4n) is 7.11. The molecule has 4 aromatic heterocycles. The minimum atomic E-state index is -1.12. The SMILES string of the molecule is Cc1cc(-c2cccnc2)sc1C(=O)N1CC[C@@H](C(=O)N2CCC(O)(Cn3cnc4c(ccn4C)c3=O)CC2)[C@H](c2ccccc2)C1. The Balaban J connectivity index is 1.05. The zero-order valence-corrected chi connectivity index (χ0v) is 27.4.